The van der Waals surface area contributed by atoms with Gasteiger partial charge < -0.3 is 18.3 Å². The van der Waals surface area contributed by atoms with Gasteiger partial charge in [0.05, 0.1) is 12.6 Å². The highest BCUT2D eigenvalue weighted by molar-refractivity contribution is 6.74. The molecule has 0 amide bonds. The predicted octanol–water partition coefficient (Wildman–Crippen LogP) is 5.77. The summed E-state index contributed by atoms with van der Waals surface area (Å²) in [6, 6.07) is 1.07. The Morgan fingerprint density at radius 2 is 1.29 bits per heavy atom. The molecule has 0 aliphatic carbocycles. The molecule has 3 saturated heterocycles. The third-order valence-corrected chi connectivity index (χ3v) is 17.8. The Balaban J connectivity index is 1.77. The summed E-state index contributed by atoms with van der Waals surface area (Å²) in [7, 11) is -3.62. The number of ether oxygens (including phenoxy) is 2. The van der Waals surface area contributed by atoms with E-state index in [0.29, 0.717) is 12.1 Å². The van der Waals surface area contributed by atoms with Crippen molar-refractivity contribution in [2.24, 2.45) is 0 Å². The molecular formula is C24H49NO4Si2. The molecular weight excluding hydrogens is 422 g/mol. The minimum absolute atomic E-state index is 0.0837. The summed E-state index contributed by atoms with van der Waals surface area (Å²) < 4.78 is 26.3. The summed E-state index contributed by atoms with van der Waals surface area (Å²) >= 11 is 0. The highest BCUT2D eigenvalue weighted by Crippen LogP contribution is 2.47. The molecule has 31 heavy (non-hydrogen) atoms. The smallest absolute Gasteiger partial charge is 0.192 e. The third kappa shape index (κ3) is 5.03. The van der Waals surface area contributed by atoms with Crippen LogP contribution in [0.5, 0.6) is 0 Å². The molecule has 0 aromatic heterocycles. The van der Waals surface area contributed by atoms with Crippen LogP contribution in [0.3, 0.4) is 0 Å². The molecule has 3 aliphatic rings. The highest BCUT2D eigenvalue weighted by Gasteiger charge is 2.61. The normalized spacial score (nSPS) is 34.3. The molecule has 3 rings (SSSR count). The van der Waals surface area contributed by atoms with Crippen molar-refractivity contribution in [2.75, 3.05) is 13.2 Å². The van der Waals surface area contributed by atoms with E-state index in [2.05, 4.69) is 86.5 Å². The van der Waals surface area contributed by atoms with Crippen LogP contribution in [0, 0.1) is 0 Å². The van der Waals surface area contributed by atoms with Crippen molar-refractivity contribution in [3.05, 3.63) is 0 Å². The van der Waals surface area contributed by atoms with Crippen molar-refractivity contribution in [3.8, 4) is 0 Å². The zero-order chi connectivity index (χ0) is 23.6. The average Bonchev–Trinajstić information content (AvgIpc) is 3.18. The van der Waals surface area contributed by atoms with E-state index >= 15 is 0 Å². The van der Waals surface area contributed by atoms with Gasteiger partial charge in [-0.05, 0) is 63.0 Å². The predicted molar refractivity (Wildman–Crippen MR) is 133 cm³/mol. The first-order valence-corrected chi connectivity index (χ1v) is 18.1. The van der Waals surface area contributed by atoms with E-state index in [0.717, 1.165) is 19.6 Å². The Hall–Kier alpha value is 0.234. The molecule has 0 radical (unpaired) electrons. The Morgan fingerprint density at radius 3 is 1.81 bits per heavy atom. The Morgan fingerprint density at radius 1 is 0.806 bits per heavy atom. The maximum absolute atomic E-state index is 6.74. The van der Waals surface area contributed by atoms with Gasteiger partial charge in [0.2, 0.25) is 0 Å². The van der Waals surface area contributed by atoms with E-state index < -0.39 is 22.4 Å². The summed E-state index contributed by atoms with van der Waals surface area (Å²) in [5, 5.41) is 0.431. The van der Waals surface area contributed by atoms with E-state index in [1.54, 1.807) is 0 Å². The Labute approximate surface area is 193 Å². The zero-order valence-electron chi connectivity index (χ0n) is 22.3. The summed E-state index contributed by atoms with van der Waals surface area (Å²) in [4.78, 5) is 2.67. The van der Waals surface area contributed by atoms with Crippen LogP contribution in [0.25, 0.3) is 0 Å². The van der Waals surface area contributed by atoms with Crippen molar-refractivity contribution < 1.29 is 18.3 Å². The van der Waals surface area contributed by atoms with E-state index in [1.165, 1.54) is 6.42 Å². The van der Waals surface area contributed by atoms with Crippen molar-refractivity contribution in [3.63, 3.8) is 0 Å². The monoisotopic (exact) mass is 471 g/mol. The first-order chi connectivity index (χ1) is 13.9. The van der Waals surface area contributed by atoms with Crippen LogP contribution in [-0.4, -0.2) is 70.9 Å². The van der Waals surface area contributed by atoms with Crippen molar-refractivity contribution in [1.82, 2.24) is 4.90 Å². The molecule has 0 aromatic carbocycles. The van der Waals surface area contributed by atoms with Crippen LogP contribution in [0.2, 0.25) is 36.3 Å². The van der Waals surface area contributed by atoms with Gasteiger partial charge in [-0.2, -0.15) is 0 Å². The van der Waals surface area contributed by atoms with E-state index in [4.69, 9.17) is 18.3 Å². The van der Waals surface area contributed by atoms with Gasteiger partial charge in [0.1, 0.15) is 12.2 Å². The summed E-state index contributed by atoms with van der Waals surface area (Å²) in [6.45, 7) is 28.9. The number of fused-ring (bicyclic) bond motifs is 3. The lowest BCUT2D eigenvalue weighted by Crippen LogP contribution is -2.52. The van der Waals surface area contributed by atoms with Crippen LogP contribution < -0.4 is 0 Å². The molecule has 5 atom stereocenters. The molecule has 0 bridgehead atoms. The fraction of sp³-hybridized carbons (Fsp3) is 1.00. The number of hydrogen-bond acceptors (Lipinski definition) is 5. The molecule has 3 heterocycles. The van der Waals surface area contributed by atoms with Crippen LogP contribution in [0.4, 0.5) is 0 Å². The maximum atomic E-state index is 6.74. The van der Waals surface area contributed by atoms with E-state index in [-0.39, 0.29) is 28.3 Å². The standard InChI is InChI=1S/C24H49NO4Si2/c1-22(2,3)30(9,10)26-15-17-13-14-18-20-21(29-24(7,8)28-20)19(25(17)18)16-27-31(11,12)23(4,5)6/h17-21H,13-16H2,1-12H3/t17-,18+,19+,20-,21+/m0/s1. The zero-order valence-corrected chi connectivity index (χ0v) is 24.3. The molecule has 0 saturated carbocycles. The number of hydrogen-bond donors (Lipinski definition) is 0. The average molecular weight is 472 g/mol. The van der Waals surface area contributed by atoms with Gasteiger partial charge in [-0.3, -0.25) is 4.90 Å². The van der Waals surface area contributed by atoms with Crippen LogP contribution in [0.1, 0.15) is 68.2 Å². The summed E-state index contributed by atoms with van der Waals surface area (Å²) in [5.74, 6) is -0.508. The van der Waals surface area contributed by atoms with E-state index in [1.807, 2.05) is 0 Å². The van der Waals surface area contributed by atoms with Crippen molar-refractivity contribution in [1.29, 1.82) is 0 Å². The van der Waals surface area contributed by atoms with Crippen LogP contribution in [-0.2, 0) is 18.3 Å². The SMILES string of the molecule is CC1(C)O[C@@H]2[C@H](O1)[C@@H](CO[Si](C)(C)C(C)(C)C)N1[C@H](CO[Si](C)(C)C(C)(C)C)CC[C@H]21. The van der Waals surface area contributed by atoms with Gasteiger partial charge in [0.25, 0.3) is 0 Å². The van der Waals surface area contributed by atoms with E-state index in [9.17, 15) is 0 Å². The van der Waals surface area contributed by atoms with Gasteiger partial charge in [-0.25, -0.2) is 0 Å². The lowest BCUT2D eigenvalue weighted by Gasteiger charge is -2.41. The first-order valence-electron chi connectivity index (χ1n) is 12.3. The van der Waals surface area contributed by atoms with Crippen molar-refractivity contribution >= 4 is 16.6 Å². The molecule has 0 unspecified atom stereocenters. The fourth-order valence-corrected chi connectivity index (χ4v) is 6.81. The maximum Gasteiger partial charge on any atom is 0.192 e. The molecule has 5 nitrogen and oxygen atoms in total. The molecule has 7 heteroatoms. The minimum atomic E-state index is -1.84. The summed E-state index contributed by atoms with van der Waals surface area (Å²) in [5.41, 5.74) is 0. The second kappa shape index (κ2) is 8.17. The summed E-state index contributed by atoms with van der Waals surface area (Å²) in [6.07, 6.45) is 2.55. The Bertz CT molecular complexity index is 653. The lowest BCUT2D eigenvalue weighted by atomic mass is 10.0. The third-order valence-electron chi connectivity index (χ3n) is 8.77. The molecule has 3 aliphatic heterocycles. The van der Waals surface area contributed by atoms with Gasteiger partial charge in [0, 0.05) is 18.7 Å². The van der Waals surface area contributed by atoms with Crippen LogP contribution >= 0.6 is 0 Å². The molecule has 0 spiro atoms. The molecule has 182 valence electrons. The van der Waals surface area contributed by atoms with Gasteiger partial charge in [-0.1, -0.05) is 41.5 Å². The van der Waals surface area contributed by atoms with Crippen molar-refractivity contribution in [2.45, 2.75) is 141 Å². The number of nitrogens with zero attached hydrogens (tertiary/aromatic N) is 1. The highest BCUT2D eigenvalue weighted by atomic mass is 28.4. The Kier molecular flexibility index (Phi) is 6.81. The fourth-order valence-electron chi connectivity index (χ4n) is 4.75. The second-order valence-electron chi connectivity index (χ2n) is 13.5. The van der Waals surface area contributed by atoms with Gasteiger partial charge in [-0.15, -0.1) is 0 Å². The lowest BCUT2D eigenvalue weighted by molar-refractivity contribution is -0.169. The first kappa shape index (κ1) is 25.8. The molecule has 0 N–H and O–H groups in total. The minimum Gasteiger partial charge on any atom is -0.415 e. The van der Waals surface area contributed by atoms with Crippen LogP contribution in [0.15, 0.2) is 0 Å². The molecule has 3 fully saturated rings. The molecule has 0 aromatic rings. The second-order valence-corrected chi connectivity index (χ2v) is 23.1. The topological polar surface area (TPSA) is 40.2 Å². The van der Waals surface area contributed by atoms with Gasteiger partial charge in [0.15, 0.2) is 22.4 Å². The van der Waals surface area contributed by atoms with Gasteiger partial charge >= 0.3 is 0 Å². The number of rotatable bonds is 6. The quantitative estimate of drug-likeness (QED) is 0.460. The largest absolute Gasteiger partial charge is 0.415 e.